The predicted octanol–water partition coefficient (Wildman–Crippen LogP) is 11.5. The van der Waals surface area contributed by atoms with E-state index in [-0.39, 0.29) is 0 Å². The summed E-state index contributed by atoms with van der Waals surface area (Å²) in [6, 6.07) is 11.8. The van der Waals surface area contributed by atoms with Crippen LogP contribution in [-0.2, 0) is 11.8 Å². The minimum absolute atomic E-state index is 0.352. The number of hydrogen-bond acceptors (Lipinski definition) is 4. The number of hydrogen-bond donors (Lipinski definition) is 1. The van der Waals surface area contributed by atoms with Gasteiger partial charge in [0, 0.05) is 48.4 Å². The molecule has 4 fully saturated rings. The lowest BCUT2D eigenvalue weighted by Gasteiger charge is -2.55. The zero-order valence-electron chi connectivity index (χ0n) is 31.3. The molecule has 4 aliphatic carbocycles. The largest absolute Gasteiger partial charge is 0.389 e. The van der Waals surface area contributed by atoms with E-state index in [1.54, 1.807) is 5.56 Å². The van der Waals surface area contributed by atoms with E-state index in [9.17, 15) is 0 Å². The highest BCUT2D eigenvalue weighted by atomic mass is 15.2. The first-order chi connectivity index (χ1) is 23.1. The SMILES string of the molecule is C=C(C)NCCC.C=C(C1CCCCC1)N(CC12CCC(c3ccc(CC)c(C)c3)(CC1)CC2)c1cc(C2=CCC(C(C)C)=N2)ccn1. The maximum Gasteiger partial charge on any atom is 0.133 e. The normalized spacial score (nSPS) is 23.6. The van der Waals surface area contributed by atoms with E-state index < -0.39 is 0 Å². The fraction of sp³-hybridized carbons (Fsp3) is 0.591. The van der Waals surface area contributed by atoms with Crippen molar-refractivity contribution in [2.24, 2.45) is 22.2 Å². The third-order valence-electron chi connectivity index (χ3n) is 12.1. The number of aromatic nitrogens is 1. The number of rotatable bonds is 12. The predicted molar refractivity (Wildman–Crippen MR) is 208 cm³/mol. The lowest BCUT2D eigenvalue weighted by atomic mass is 9.51. The van der Waals surface area contributed by atoms with Gasteiger partial charge in [0.25, 0.3) is 0 Å². The summed E-state index contributed by atoms with van der Waals surface area (Å²) in [6.45, 7) is 23.8. The highest BCUT2D eigenvalue weighted by Crippen LogP contribution is 2.58. The van der Waals surface area contributed by atoms with E-state index in [2.05, 4.69) is 87.8 Å². The van der Waals surface area contributed by atoms with Crippen LogP contribution in [-0.4, -0.2) is 23.8 Å². The summed E-state index contributed by atoms with van der Waals surface area (Å²) < 4.78 is 0. The van der Waals surface area contributed by atoms with Gasteiger partial charge in [0.1, 0.15) is 5.82 Å². The van der Waals surface area contributed by atoms with Gasteiger partial charge in [-0.25, -0.2) is 4.98 Å². The molecule has 2 aromatic rings. The van der Waals surface area contributed by atoms with Crippen molar-refractivity contribution in [3.05, 3.63) is 89.4 Å². The van der Waals surface area contributed by atoms with Crippen molar-refractivity contribution in [3.8, 4) is 0 Å². The molecule has 2 heterocycles. The number of nitrogens with one attached hydrogen (secondary N) is 1. The molecule has 1 aromatic carbocycles. The van der Waals surface area contributed by atoms with Crippen molar-refractivity contribution in [2.45, 2.75) is 137 Å². The van der Waals surface area contributed by atoms with Gasteiger partial charge in [0.15, 0.2) is 0 Å². The lowest BCUT2D eigenvalue weighted by Crippen LogP contribution is -2.49. The maximum absolute atomic E-state index is 5.01. The number of benzene rings is 1. The Bertz CT molecular complexity index is 1460. The van der Waals surface area contributed by atoms with Gasteiger partial charge in [-0.3, -0.25) is 4.99 Å². The molecule has 4 heteroatoms. The van der Waals surface area contributed by atoms with Crippen molar-refractivity contribution in [1.82, 2.24) is 10.3 Å². The molecule has 0 radical (unpaired) electrons. The molecule has 260 valence electrons. The van der Waals surface area contributed by atoms with Crippen LogP contribution in [0.1, 0.15) is 140 Å². The van der Waals surface area contributed by atoms with Gasteiger partial charge in [-0.05, 0) is 130 Å². The van der Waals surface area contributed by atoms with Gasteiger partial charge in [0.05, 0.1) is 5.70 Å². The Hall–Kier alpha value is -3.14. The Kier molecular flexibility index (Phi) is 12.1. The van der Waals surface area contributed by atoms with E-state index in [4.69, 9.17) is 16.6 Å². The van der Waals surface area contributed by atoms with Crippen molar-refractivity contribution < 1.29 is 0 Å². The first-order valence-corrected chi connectivity index (χ1v) is 19.3. The van der Waals surface area contributed by atoms with Crippen LogP contribution >= 0.6 is 0 Å². The number of aliphatic imine (C=N–C) groups is 1. The number of allylic oxidation sites excluding steroid dienone is 3. The molecule has 0 saturated heterocycles. The second-order valence-electron chi connectivity index (χ2n) is 15.8. The van der Waals surface area contributed by atoms with Gasteiger partial charge in [-0.15, -0.1) is 0 Å². The summed E-state index contributed by atoms with van der Waals surface area (Å²) >= 11 is 0. The topological polar surface area (TPSA) is 40.5 Å². The van der Waals surface area contributed by atoms with Crippen LogP contribution in [0.2, 0.25) is 0 Å². The highest BCUT2D eigenvalue weighted by Gasteiger charge is 2.50. The summed E-state index contributed by atoms with van der Waals surface area (Å²) in [7, 11) is 0. The number of aryl methyl sites for hydroxylation is 2. The summed E-state index contributed by atoms with van der Waals surface area (Å²) in [5, 5.41) is 3.10. The van der Waals surface area contributed by atoms with E-state index in [1.165, 1.54) is 105 Å². The van der Waals surface area contributed by atoms with Crippen molar-refractivity contribution in [1.29, 1.82) is 0 Å². The second kappa shape index (κ2) is 16.0. The molecule has 2 bridgehead atoms. The summed E-state index contributed by atoms with van der Waals surface area (Å²) in [5.41, 5.74) is 11.3. The molecule has 0 unspecified atom stereocenters. The van der Waals surface area contributed by atoms with Crippen LogP contribution in [0, 0.1) is 24.2 Å². The molecule has 48 heavy (non-hydrogen) atoms. The molecule has 0 spiro atoms. The van der Waals surface area contributed by atoms with E-state index >= 15 is 0 Å². The van der Waals surface area contributed by atoms with Crippen molar-refractivity contribution in [2.75, 3.05) is 18.0 Å². The number of pyridine rings is 1. The Labute approximate surface area is 293 Å². The van der Waals surface area contributed by atoms with Gasteiger partial charge in [-0.2, -0.15) is 0 Å². The third kappa shape index (κ3) is 8.35. The fourth-order valence-electron chi connectivity index (χ4n) is 8.74. The molecule has 4 saturated carbocycles. The molecule has 1 N–H and O–H groups in total. The van der Waals surface area contributed by atoms with E-state index in [0.29, 0.717) is 22.7 Å². The average Bonchev–Trinajstić information content (AvgIpc) is 3.62. The smallest absolute Gasteiger partial charge is 0.133 e. The van der Waals surface area contributed by atoms with Gasteiger partial charge < -0.3 is 10.2 Å². The first-order valence-electron chi connectivity index (χ1n) is 19.3. The molecule has 0 amide bonds. The number of nitrogens with zero attached hydrogens (tertiary/aromatic N) is 3. The lowest BCUT2D eigenvalue weighted by molar-refractivity contribution is 0.0459. The van der Waals surface area contributed by atoms with Gasteiger partial charge in [-0.1, -0.05) is 84.4 Å². The van der Waals surface area contributed by atoms with Gasteiger partial charge >= 0.3 is 0 Å². The third-order valence-corrected chi connectivity index (χ3v) is 12.1. The highest BCUT2D eigenvalue weighted by molar-refractivity contribution is 5.97. The zero-order valence-corrected chi connectivity index (χ0v) is 31.3. The van der Waals surface area contributed by atoms with Crippen LogP contribution in [0.5, 0.6) is 0 Å². The summed E-state index contributed by atoms with van der Waals surface area (Å²) in [5.74, 6) is 2.15. The van der Waals surface area contributed by atoms with Crippen molar-refractivity contribution in [3.63, 3.8) is 0 Å². The minimum Gasteiger partial charge on any atom is -0.389 e. The second-order valence-corrected chi connectivity index (χ2v) is 15.8. The maximum atomic E-state index is 5.01. The molecular formula is C44H64N4. The fourth-order valence-corrected chi connectivity index (χ4v) is 8.74. The molecule has 4 nitrogen and oxygen atoms in total. The Morgan fingerprint density at radius 2 is 1.69 bits per heavy atom. The Morgan fingerprint density at radius 3 is 2.25 bits per heavy atom. The number of anilines is 1. The van der Waals surface area contributed by atoms with Crippen LogP contribution in [0.4, 0.5) is 5.82 Å². The van der Waals surface area contributed by atoms with Crippen LogP contribution in [0.15, 0.2) is 72.1 Å². The number of fused-ring (bicyclic) bond motifs is 3. The molecule has 1 aromatic heterocycles. The summed E-state index contributed by atoms with van der Waals surface area (Å²) in [6.07, 6.45) is 22.0. The molecular weight excluding hydrogens is 585 g/mol. The van der Waals surface area contributed by atoms with E-state index in [1.807, 2.05) is 13.1 Å². The molecule has 5 aliphatic rings. The molecule has 1 aliphatic heterocycles. The zero-order chi connectivity index (χ0) is 34.3. The standard InChI is InChI=1S/C38H51N3.C6H13N/c1-6-30-12-13-33(24-28(30)4)38-20-17-37(18-21-38,19-22-38)26-41(29(5)31-10-8-7-9-11-31)36-25-32(16-23-39-36)35-15-14-34(40-35)27(2)3;1-4-5-7-6(2)3/h12-13,15-16,23-25,27,31H,5-11,14,17-22,26H2,1-4H3;7H,2,4-5H2,1,3H3. The molecule has 7 rings (SSSR count). The molecule has 0 atom stereocenters. The van der Waals surface area contributed by atoms with Gasteiger partial charge in [0.2, 0.25) is 0 Å². The van der Waals surface area contributed by atoms with Crippen LogP contribution in [0.3, 0.4) is 0 Å². The first kappa shape index (κ1) is 36.1. The van der Waals surface area contributed by atoms with Crippen LogP contribution < -0.4 is 10.2 Å². The minimum atomic E-state index is 0.352. The van der Waals surface area contributed by atoms with Crippen molar-refractivity contribution >= 4 is 17.2 Å². The monoisotopic (exact) mass is 649 g/mol. The summed E-state index contributed by atoms with van der Waals surface area (Å²) in [4.78, 5) is 12.6. The quantitative estimate of drug-likeness (QED) is 0.249. The Balaban J connectivity index is 0.000000582. The van der Waals surface area contributed by atoms with Crippen LogP contribution in [0.25, 0.3) is 5.70 Å². The Morgan fingerprint density at radius 1 is 0.979 bits per heavy atom. The average molecular weight is 649 g/mol. The van der Waals surface area contributed by atoms with E-state index in [0.717, 1.165) is 43.1 Å².